The van der Waals surface area contributed by atoms with Crippen molar-refractivity contribution in [3.05, 3.63) is 60.2 Å². The largest absolute Gasteiger partial charge is 0.309 e. The Morgan fingerprint density at radius 2 is 1.60 bits per heavy atom. The Morgan fingerprint density at radius 1 is 1.00 bits per heavy atom. The molecule has 2 rings (SSSR count). The maximum absolute atomic E-state index is 11.1. The van der Waals surface area contributed by atoms with Gasteiger partial charge in [0.1, 0.15) is 0 Å². The van der Waals surface area contributed by atoms with Crippen molar-refractivity contribution >= 4 is 10.8 Å². The molecule has 2 aromatic carbocycles. The molecule has 20 heavy (non-hydrogen) atoms. The van der Waals surface area contributed by atoms with Gasteiger partial charge in [-0.15, -0.1) is 0 Å². The minimum absolute atomic E-state index is 0.273. The van der Waals surface area contributed by atoms with E-state index in [1.54, 1.807) is 6.26 Å². The number of rotatable bonds is 6. The number of hydrogen-bond donors (Lipinski definition) is 1. The van der Waals surface area contributed by atoms with Gasteiger partial charge in [0.25, 0.3) is 0 Å². The molecule has 2 nitrogen and oxygen atoms in total. The smallest absolute Gasteiger partial charge is 0.0383 e. The van der Waals surface area contributed by atoms with Crippen LogP contribution in [0.3, 0.4) is 0 Å². The molecule has 0 fully saturated rings. The summed E-state index contributed by atoms with van der Waals surface area (Å²) in [5, 5.41) is 3.40. The molecule has 0 spiro atoms. The summed E-state index contributed by atoms with van der Waals surface area (Å²) in [5.41, 5.74) is 3.72. The van der Waals surface area contributed by atoms with Gasteiger partial charge in [-0.25, -0.2) is 0 Å². The molecule has 2 unspecified atom stereocenters. The Balaban J connectivity index is 1.94. The number of hydrogen-bond acceptors (Lipinski definition) is 2. The topological polar surface area (TPSA) is 29.1 Å². The molecule has 0 heterocycles. The van der Waals surface area contributed by atoms with Crippen LogP contribution >= 0.6 is 0 Å². The molecule has 2 atom stereocenters. The average molecular weight is 287 g/mol. The molecule has 106 valence electrons. The lowest BCUT2D eigenvalue weighted by atomic mass is 10.0. The van der Waals surface area contributed by atoms with Gasteiger partial charge in [0, 0.05) is 35.4 Å². The lowest BCUT2D eigenvalue weighted by Gasteiger charge is -2.12. The summed E-state index contributed by atoms with van der Waals surface area (Å²) < 4.78 is 11.1. The highest BCUT2D eigenvalue weighted by atomic mass is 32.2. The maximum atomic E-state index is 11.1. The Kier molecular flexibility index (Phi) is 5.50. The molecular formula is C17H21NOS. The second kappa shape index (κ2) is 7.36. The summed E-state index contributed by atoms with van der Waals surface area (Å²) in [7, 11) is -0.745. The summed E-state index contributed by atoms with van der Waals surface area (Å²) in [6.07, 6.45) is 1.74. The second-order valence-corrected chi connectivity index (χ2v) is 6.56. The van der Waals surface area contributed by atoms with Crippen molar-refractivity contribution in [2.45, 2.75) is 19.5 Å². The van der Waals surface area contributed by atoms with Crippen molar-refractivity contribution in [2.75, 3.05) is 12.0 Å². The standard InChI is InChI=1S/C17H21NOS/c1-14(13-20(2)19)18-12-15-8-10-17(11-9-15)16-6-4-3-5-7-16/h3-11,14,18H,12-13H2,1-2H3. The van der Waals surface area contributed by atoms with Crippen molar-refractivity contribution in [3.63, 3.8) is 0 Å². The van der Waals surface area contributed by atoms with Crippen LogP contribution in [0.4, 0.5) is 0 Å². The zero-order chi connectivity index (χ0) is 14.4. The Bertz CT molecular complexity index is 551. The first kappa shape index (κ1) is 14.9. The zero-order valence-electron chi connectivity index (χ0n) is 12.0. The third-order valence-corrected chi connectivity index (χ3v) is 4.17. The fraction of sp³-hybridized carbons (Fsp3) is 0.294. The van der Waals surface area contributed by atoms with Gasteiger partial charge in [0.15, 0.2) is 0 Å². The van der Waals surface area contributed by atoms with Crippen molar-refractivity contribution in [3.8, 4) is 11.1 Å². The van der Waals surface area contributed by atoms with Crippen LogP contribution in [0.25, 0.3) is 11.1 Å². The molecule has 0 saturated heterocycles. The van der Waals surface area contributed by atoms with E-state index in [2.05, 4.69) is 60.8 Å². The molecule has 1 N–H and O–H groups in total. The molecule has 0 amide bonds. The first-order chi connectivity index (χ1) is 9.65. The predicted octanol–water partition coefficient (Wildman–Crippen LogP) is 3.21. The van der Waals surface area contributed by atoms with Crippen molar-refractivity contribution in [1.82, 2.24) is 5.32 Å². The van der Waals surface area contributed by atoms with Crippen molar-refractivity contribution in [1.29, 1.82) is 0 Å². The monoisotopic (exact) mass is 287 g/mol. The molecule has 2 aromatic rings. The fourth-order valence-corrected chi connectivity index (χ4v) is 2.97. The van der Waals surface area contributed by atoms with E-state index in [1.165, 1.54) is 16.7 Å². The minimum atomic E-state index is -0.745. The van der Waals surface area contributed by atoms with E-state index < -0.39 is 10.8 Å². The van der Waals surface area contributed by atoms with E-state index in [-0.39, 0.29) is 6.04 Å². The van der Waals surface area contributed by atoms with E-state index in [0.29, 0.717) is 5.75 Å². The Hall–Kier alpha value is -1.45. The highest BCUT2D eigenvalue weighted by Gasteiger charge is 2.04. The summed E-state index contributed by atoms with van der Waals surface area (Å²) >= 11 is 0. The SMILES string of the molecule is CC(CS(C)=O)NCc1ccc(-c2ccccc2)cc1. The molecule has 0 bridgehead atoms. The van der Waals surface area contributed by atoms with Crippen LogP contribution < -0.4 is 5.32 Å². The highest BCUT2D eigenvalue weighted by Crippen LogP contribution is 2.19. The number of nitrogens with one attached hydrogen (secondary N) is 1. The van der Waals surface area contributed by atoms with Gasteiger partial charge >= 0.3 is 0 Å². The van der Waals surface area contributed by atoms with Crippen molar-refractivity contribution in [2.24, 2.45) is 0 Å². The third-order valence-electron chi connectivity index (χ3n) is 3.20. The second-order valence-electron chi connectivity index (χ2n) is 5.08. The van der Waals surface area contributed by atoms with E-state index in [0.717, 1.165) is 6.54 Å². The molecular weight excluding hydrogens is 266 g/mol. The Labute approximate surface area is 123 Å². The van der Waals surface area contributed by atoms with Crippen LogP contribution in [0.1, 0.15) is 12.5 Å². The fourth-order valence-electron chi connectivity index (χ4n) is 2.15. The van der Waals surface area contributed by atoms with Gasteiger partial charge in [-0.3, -0.25) is 4.21 Å². The zero-order valence-corrected chi connectivity index (χ0v) is 12.8. The quantitative estimate of drug-likeness (QED) is 0.884. The van der Waals surface area contributed by atoms with Crippen LogP contribution in [-0.2, 0) is 17.3 Å². The summed E-state index contributed by atoms with van der Waals surface area (Å²) in [6.45, 7) is 2.88. The average Bonchev–Trinajstić information content (AvgIpc) is 2.46. The van der Waals surface area contributed by atoms with Crippen LogP contribution in [0, 0.1) is 0 Å². The normalized spacial score (nSPS) is 13.9. The summed E-state index contributed by atoms with van der Waals surface area (Å²) in [4.78, 5) is 0. The minimum Gasteiger partial charge on any atom is -0.309 e. The molecule has 0 aliphatic rings. The van der Waals surface area contributed by atoms with Gasteiger partial charge in [0.2, 0.25) is 0 Å². The van der Waals surface area contributed by atoms with Crippen LogP contribution in [-0.4, -0.2) is 22.3 Å². The van der Waals surface area contributed by atoms with Gasteiger partial charge < -0.3 is 5.32 Å². The molecule has 0 aliphatic heterocycles. The number of benzene rings is 2. The van der Waals surface area contributed by atoms with Gasteiger partial charge in [-0.2, -0.15) is 0 Å². The first-order valence-electron chi connectivity index (χ1n) is 6.83. The lowest BCUT2D eigenvalue weighted by Crippen LogP contribution is -2.30. The first-order valence-corrected chi connectivity index (χ1v) is 8.55. The maximum Gasteiger partial charge on any atom is 0.0383 e. The third kappa shape index (κ3) is 4.58. The van der Waals surface area contributed by atoms with Crippen LogP contribution in [0.2, 0.25) is 0 Å². The van der Waals surface area contributed by atoms with Gasteiger partial charge in [-0.05, 0) is 23.6 Å². The van der Waals surface area contributed by atoms with E-state index in [1.807, 2.05) is 6.07 Å². The van der Waals surface area contributed by atoms with Gasteiger partial charge in [0.05, 0.1) is 0 Å². The summed E-state index contributed by atoms with van der Waals surface area (Å²) in [5.74, 6) is 0.697. The van der Waals surface area contributed by atoms with E-state index >= 15 is 0 Å². The highest BCUT2D eigenvalue weighted by molar-refractivity contribution is 7.84. The van der Waals surface area contributed by atoms with Crippen LogP contribution in [0.5, 0.6) is 0 Å². The molecule has 0 aromatic heterocycles. The van der Waals surface area contributed by atoms with Gasteiger partial charge in [-0.1, -0.05) is 54.6 Å². The van der Waals surface area contributed by atoms with Crippen LogP contribution in [0.15, 0.2) is 54.6 Å². The van der Waals surface area contributed by atoms with E-state index in [4.69, 9.17) is 0 Å². The molecule has 0 radical (unpaired) electrons. The van der Waals surface area contributed by atoms with Crippen molar-refractivity contribution < 1.29 is 4.21 Å². The Morgan fingerprint density at radius 3 is 2.20 bits per heavy atom. The summed E-state index contributed by atoms with van der Waals surface area (Å²) in [6, 6.07) is 19.2. The van der Waals surface area contributed by atoms with E-state index in [9.17, 15) is 4.21 Å². The molecule has 3 heteroatoms. The lowest BCUT2D eigenvalue weighted by molar-refractivity contribution is 0.587. The predicted molar refractivity (Wildman–Crippen MR) is 87.1 cm³/mol. The molecule has 0 saturated carbocycles. The molecule has 0 aliphatic carbocycles.